The first-order valence-corrected chi connectivity index (χ1v) is 10.2. The molecule has 0 amide bonds. The number of hydrogen-bond acceptors (Lipinski definition) is 3. The number of nitrogens with zero attached hydrogens (tertiary/aromatic N) is 1. The summed E-state index contributed by atoms with van der Waals surface area (Å²) in [6, 6.07) is 12.2. The first-order chi connectivity index (χ1) is 12.6. The molecule has 2 aromatic carbocycles. The van der Waals surface area contributed by atoms with Crippen LogP contribution in [0.3, 0.4) is 0 Å². The summed E-state index contributed by atoms with van der Waals surface area (Å²) in [4.78, 5) is 2.32. The van der Waals surface area contributed by atoms with Gasteiger partial charge in [-0.3, -0.25) is 4.90 Å². The maximum atomic E-state index is 9.93. The lowest BCUT2D eigenvalue weighted by Gasteiger charge is -2.30. The van der Waals surface area contributed by atoms with E-state index in [9.17, 15) is 5.11 Å². The lowest BCUT2D eigenvalue weighted by Crippen LogP contribution is -2.37. The van der Waals surface area contributed by atoms with Gasteiger partial charge in [0.05, 0.1) is 13.2 Å². The maximum Gasteiger partial charge on any atom is 0.122 e. The van der Waals surface area contributed by atoms with Crippen molar-refractivity contribution >= 4 is 27.5 Å². The molecule has 1 heterocycles. The summed E-state index contributed by atoms with van der Waals surface area (Å²) in [6.07, 6.45) is 3.46. The van der Waals surface area contributed by atoms with Crippen LogP contribution in [0.15, 0.2) is 40.9 Å². The van der Waals surface area contributed by atoms with E-state index < -0.39 is 0 Å². The quantitative estimate of drug-likeness (QED) is 0.699. The van der Waals surface area contributed by atoms with Crippen LogP contribution in [-0.2, 0) is 19.4 Å². The fourth-order valence-corrected chi connectivity index (χ4v) is 4.35. The second kappa shape index (κ2) is 9.23. The van der Waals surface area contributed by atoms with Gasteiger partial charge in [0.2, 0.25) is 0 Å². The number of rotatable bonds is 6. The van der Waals surface area contributed by atoms with Crippen LogP contribution in [0.25, 0.3) is 0 Å². The number of aryl methyl sites for hydroxylation is 1. The average Bonchev–Trinajstić information content (AvgIpc) is 2.61. The number of halogens is 2. The fraction of sp³-hybridized carbons (Fsp3) is 0.429. The Morgan fingerprint density at radius 2 is 2.08 bits per heavy atom. The van der Waals surface area contributed by atoms with Gasteiger partial charge in [0, 0.05) is 22.6 Å². The van der Waals surface area contributed by atoms with E-state index in [1.165, 1.54) is 16.7 Å². The van der Waals surface area contributed by atoms with Crippen LogP contribution in [0, 0.1) is 0 Å². The van der Waals surface area contributed by atoms with E-state index >= 15 is 0 Å². The van der Waals surface area contributed by atoms with Gasteiger partial charge in [-0.2, -0.15) is 0 Å². The van der Waals surface area contributed by atoms with Crippen molar-refractivity contribution in [2.24, 2.45) is 0 Å². The van der Waals surface area contributed by atoms with Gasteiger partial charge in [-0.05, 0) is 73.2 Å². The standard InChI is InChI=1S/C21H25BrClNO2/c1-26-21-10-8-17(22)12-15(21)7-9-19-16(4-2-6-20(19)23)13-24-11-3-5-18(25)14-24/h2,4,6,8,10,12,18,25H,3,5,7,9,11,13-14H2,1H3. The minimum Gasteiger partial charge on any atom is -0.496 e. The Morgan fingerprint density at radius 3 is 2.85 bits per heavy atom. The van der Waals surface area contributed by atoms with E-state index in [1.54, 1.807) is 7.11 Å². The van der Waals surface area contributed by atoms with Crippen molar-refractivity contribution in [3.8, 4) is 5.75 Å². The van der Waals surface area contributed by atoms with E-state index in [-0.39, 0.29) is 6.10 Å². The Bertz CT molecular complexity index is 753. The van der Waals surface area contributed by atoms with E-state index in [0.717, 1.165) is 60.6 Å². The molecule has 1 atom stereocenters. The molecule has 3 nitrogen and oxygen atoms in total. The van der Waals surface area contributed by atoms with Crippen molar-refractivity contribution < 1.29 is 9.84 Å². The molecule has 1 unspecified atom stereocenters. The Balaban J connectivity index is 1.76. The Kier molecular flexibility index (Phi) is 6.98. The summed E-state index contributed by atoms with van der Waals surface area (Å²) in [5, 5.41) is 10.7. The third-order valence-electron chi connectivity index (χ3n) is 4.98. The number of hydrogen-bond donors (Lipinski definition) is 1. The molecule has 0 aromatic heterocycles. The lowest BCUT2D eigenvalue weighted by atomic mass is 9.98. The highest BCUT2D eigenvalue weighted by Crippen LogP contribution is 2.28. The molecule has 1 saturated heterocycles. The van der Waals surface area contributed by atoms with Crippen molar-refractivity contribution in [3.05, 3.63) is 62.6 Å². The van der Waals surface area contributed by atoms with Gasteiger partial charge in [-0.25, -0.2) is 0 Å². The minimum absolute atomic E-state index is 0.211. The van der Waals surface area contributed by atoms with Crippen LogP contribution in [0.4, 0.5) is 0 Å². The molecule has 0 bridgehead atoms. The molecule has 1 aliphatic heterocycles. The van der Waals surface area contributed by atoms with Crippen LogP contribution in [-0.4, -0.2) is 36.3 Å². The second-order valence-electron chi connectivity index (χ2n) is 6.86. The molecule has 1 fully saturated rings. The second-order valence-corrected chi connectivity index (χ2v) is 8.19. The molecule has 26 heavy (non-hydrogen) atoms. The van der Waals surface area contributed by atoms with Crippen LogP contribution in [0.1, 0.15) is 29.5 Å². The average molecular weight is 439 g/mol. The molecule has 0 saturated carbocycles. The first kappa shape index (κ1) is 19.7. The molecule has 2 aromatic rings. The number of piperidine rings is 1. The predicted octanol–water partition coefficient (Wildman–Crippen LogP) is 4.85. The summed E-state index contributed by atoms with van der Waals surface area (Å²) < 4.78 is 6.54. The number of benzene rings is 2. The molecule has 5 heteroatoms. The Morgan fingerprint density at radius 1 is 1.23 bits per heavy atom. The third kappa shape index (κ3) is 5.01. The highest BCUT2D eigenvalue weighted by atomic mass is 79.9. The maximum absolute atomic E-state index is 9.93. The van der Waals surface area contributed by atoms with Crippen LogP contribution in [0.5, 0.6) is 5.75 Å². The zero-order valence-corrected chi connectivity index (χ0v) is 17.4. The van der Waals surface area contributed by atoms with E-state index in [1.807, 2.05) is 24.3 Å². The molecule has 0 radical (unpaired) electrons. The minimum atomic E-state index is -0.211. The molecule has 1 aliphatic rings. The zero-order chi connectivity index (χ0) is 18.5. The van der Waals surface area contributed by atoms with Crippen molar-refractivity contribution in [1.82, 2.24) is 4.90 Å². The van der Waals surface area contributed by atoms with Crippen molar-refractivity contribution in [1.29, 1.82) is 0 Å². The topological polar surface area (TPSA) is 32.7 Å². The van der Waals surface area contributed by atoms with Gasteiger partial charge >= 0.3 is 0 Å². The van der Waals surface area contributed by atoms with Crippen molar-refractivity contribution in [2.75, 3.05) is 20.2 Å². The van der Waals surface area contributed by atoms with Gasteiger partial charge in [-0.1, -0.05) is 39.7 Å². The van der Waals surface area contributed by atoms with Crippen molar-refractivity contribution in [2.45, 2.75) is 38.3 Å². The molecule has 1 N–H and O–H groups in total. The van der Waals surface area contributed by atoms with E-state index in [4.69, 9.17) is 16.3 Å². The van der Waals surface area contributed by atoms with Gasteiger partial charge in [0.25, 0.3) is 0 Å². The van der Waals surface area contributed by atoms with Gasteiger partial charge in [0.15, 0.2) is 0 Å². The third-order valence-corrected chi connectivity index (χ3v) is 5.82. The van der Waals surface area contributed by atoms with Crippen LogP contribution >= 0.6 is 27.5 Å². The predicted molar refractivity (Wildman–Crippen MR) is 110 cm³/mol. The molecule has 140 valence electrons. The lowest BCUT2D eigenvalue weighted by molar-refractivity contribution is 0.0667. The summed E-state index contributed by atoms with van der Waals surface area (Å²) in [5.74, 6) is 0.904. The van der Waals surface area contributed by atoms with Gasteiger partial charge < -0.3 is 9.84 Å². The highest BCUT2D eigenvalue weighted by molar-refractivity contribution is 9.10. The smallest absolute Gasteiger partial charge is 0.122 e. The zero-order valence-electron chi connectivity index (χ0n) is 15.0. The first-order valence-electron chi connectivity index (χ1n) is 9.06. The largest absolute Gasteiger partial charge is 0.496 e. The Hall–Kier alpha value is -1.07. The fourth-order valence-electron chi connectivity index (χ4n) is 3.65. The van der Waals surface area contributed by atoms with E-state index in [0.29, 0.717) is 0 Å². The number of methoxy groups -OCH3 is 1. The summed E-state index contributed by atoms with van der Waals surface area (Å²) in [7, 11) is 1.70. The molecule has 0 spiro atoms. The number of likely N-dealkylation sites (tertiary alicyclic amines) is 1. The Labute approximate surface area is 169 Å². The van der Waals surface area contributed by atoms with Gasteiger partial charge in [0.1, 0.15) is 5.75 Å². The van der Waals surface area contributed by atoms with Gasteiger partial charge in [-0.15, -0.1) is 0 Å². The number of β-amino-alcohol motifs (C(OH)–C–C–N with tert-alkyl or cyclic N) is 1. The molecular formula is C21H25BrClNO2. The highest BCUT2D eigenvalue weighted by Gasteiger charge is 2.19. The number of ether oxygens (including phenoxy) is 1. The number of aliphatic hydroxyl groups excluding tert-OH is 1. The van der Waals surface area contributed by atoms with Crippen molar-refractivity contribution in [3.63, 3.8) is 0 Å². The van der Waals surface area contributed by atoms with Crippen LogP contribution < -0.4 is 4.74 Å². The summed E-state index contributed by atoms with van der Waals surface area (Å²) >= 11 is 10.1. The monoisotopic (exact) mass is 437 g/mol. The summed E-state index contributed by atoms with van der Waals surface area (Å²) in [5.41, 5.74) is 3.61. The number of aliphatic hydroxyl groups is 1. The molecular weight excluding hydrogens is 414 g/mol. The SMILES string of the molecule is COc1ccc(Br)cc1CCc1c(Cl)cccc1CN1CCCC(O)C1. The molecule has 0 aliphatic carbocycles. The normalized spacial score (nSPS) is 18.1. The molecule has 3 rings (SSSR count). The van der Waals surface area contributed by atoms with E-state index in [2.05, 4.69) is 33.0 Å². The van der Waals surface area contributed by atoms with Crippen LogP contribution in [0.2, 0.25) is 5.02 Å². The summed E-state index contributed by atoms with van der Waals surface area (Å²) in [6.45, 7) is 2.61.